The van der Waals surface area contributed by atoms with Crippen molar-refractivity contribution in [1.29, 1.82) is 5.26 Å². The third-order valence-corrected chi connectivity index (χ3v) is 4.38. The molecule has 2 rings (SSSR count). The number of benzene rings is 2. The van der Waals surface area contributed by atoms with Crippen molar-refractivity contribution in [3.63, 3.8) is 0 Å². The summed E-state index contributed by atoms with van der Waals surface area (Å²) in [5.41, 5.74) is 8.25. The van der Waals surface area contributed by atoms with Crippen molar-refractivity contribution < 1.29 is 14.3 Å². The number of amides is 2. The molecule has 176 valence electrons. The summed E-state index contributed by atoms with van der Waals surface area (Å²) in [6.07, 6.45) is 1.49. The van der Waals surface area contributed by atoms with Crippen molar-refractivity contribution in [2.45, 2.75) is 45.8 Å². The van der Waals surface area contributed by atoms with E-state index in [0.29, 0.717) is 17.9 Å². The van der Waals surface area contributed by atoms with Crippen LogP contribution in [0.5, 0.6) is 5.75 Å². The molecule has 7 nitrogen and oxygen atoms in total. The maximum Gasteiger partial charge on any atom is 0.262 e. The van der Waals surface area contributed by atoms with Crippen LogP contribution in [-0.4, -0.2) is 30.0 Å². The van der Waals surface area contributed by atoms with Gasteiger partial charge in [0.25, 0.3) is 5.91 Å². The minimum atomic E-state index is -0.841. The third kappa shape index (κ3) is 9.77. The van der Waals surface area contributed by atoms with Crippen molar-refractivity contribution in [2.24, 2.45) is 5.73 Å². The average molecular weight is 471 g/mol. The maximum absolute atomic E-state index is 12.3. The van der Waals surface area contributed by atoms with Crippen LogP contribution in [0.1, 0.15) is 37.5 Å². The molecule has 0 aliphatic carbocycles. The molecule has 2 aromatic rings. The zero-order valence-corrected chi connectivity index (χ0v) is 20.2. The highest BCUT2D eigenvalue weighted by Gasteiger charge is 2.17. The molecule has 33 heavy (non-hydrogen) atoms. The molecule has 0 aliphatic heterocycles. The fourth-order valence-corrected chi connectivity index (χ4v) is 2.71. The van der Waals surface area contributed by atoms with E-state index >= 15 is 0 Å². The second-order valence-corrected chi connectivity index (χ2v) is 8.57. The highest BCUT2D eigenvalue weighted by molar-refractivity contribution is 6.02. The maximum atomic E-state index is 12.3. The first-order valence-electron chi connectivity index (χ1n) is 10.3. The van der Waals surface area contributed by atoms with Gasteiger partial charge in [-0.3, -0.25) is 9.59 Å². The van der Waals surface area contributed by atoms with Gasteiger partial charge >= 0.3 is 0 Å². The van der Waals surface area contributed by atoms with Gasteiger partial charge < -0.3 is 21.1 Å². The lowest BCUT2D eigenvalue weighted by Crippen LogP contribution is -2.44. The smallest absolute Gasteiger partial charge is 0.262 e. The first-order chi connectivity index (χ1) is 15.1. The van der Waals surface area contributed by atoms with Crippen molar-refractivity contribution >= 4 is 30.3 Å². The minimum absolute atomic E-state index is 0. The van der Waals surface area contributed by atoms with Gasteiger partial charge in [0.05, 0.1) is 0 Å². The Morgan fingerprint density at radius 1 is 1.18 bits per heavy atom. The molecule has 0 bridgehead atoms. The monoisotopic (exact) mass is 470 g/mol. The summed E-state index contributed by atoms with van der Waals surface area (Å²) in [4.78, 5) is 24.5. The van der Waals surface area contributed by atoms with Crippen LogP contribution >= 0.6 is 12.4 Å². The number of nitrogens with zero attached hydrogens (tertiary/aromatic N) is 1. The molecule has 0 aliphatic rings. The zero-order valence-electron chi connectivity index (χ0n) is 19.3. The van der Waals surface area contributed by atoms with Gasteiger partial charge in [0.15, 0.2) is 0 Å². The molecule has 2 aromatic carbocycles. The Labute approximate surface area is 201 Å². The van der Waals surface area contributed by atoms with Crippen LogP contribution < -0.4 is 21.1 Å². The lowest BCUT2D eigenvalue weighted by atomic mass is 10.1. The van der Waals surface area contributed by atoms with Crippen molar-refractivity contribution in [3.05, 3.63) is 70.8 Å². The number of nitrogens with one attached hydrogen (secondary N) is 2. The first kappa shape index (κ1) is 27.7. The third-order valence-electron chi connectivity index (χ3n) is 4.38. The summed E-state index contributed by atoms with van der Waals surface area (Å²) in [5, 5.41) is 14.9. The number of hydrogen-bond acceptors (Lipinski definition) is 5. The van der Waals surface area contributed by atoms with E-state index in [0.717, 1.165) is 11.1 Å². The second-order valence-electron chi connectivity index (χ2n) is 8.57. The molecule has 0 spiro atoms. The number of halogens is 1. The van der Waals surface area contributed by atoms with Crippen LogP contribution in [0.15, 0.2) is 54.1 Å². The lowest BCUT2D eigenvalue weighted by Gasteiger charge is -2.20. The van der Waals surface area contributed by atoms with Crippen molar-refractivity contribution in [3.8, 4) is 11.8 Å². The van der Waals surface area contributed by atoms with Gasteiger partial charge in [-0.25, -0.2) is 0 Å². The summed E-state index contributed by atoms with van der Waals surface area (Å²) in [5.74, 6) is -0.278. The number of carbonyl (C=O) groups excluding carboxylic acids is 2. The summed E-state index contributed by atoms with van der Waals surface area (Å²) in [6, 6.07) is 15.8. The molecule has 0 aromatic heterocycles. The number of carbonyl (C=O) groups is 2. The standard InChI is InChI=1S/C25H30N4O3.ClH/c1-17-8-10-18(11-9-17)15-28-24(31)22(27)16-32-21-7-5-6-19(13-21)12-20(14-26)23(30)29-25(2,3)4;/h5-13,22H,15-16,27H2,1-4H3,(H,28,31)(H,29,30);1H/t22-;/m0./s1. The van der Waals surface area contributed by atoms with Gasteiger partial charge in [0.2, 0.25) is 5.91 Å². The minimum Gasteiger partial charge on any atom is -0.491 e. The molecule has 0 radical (unpaired) electrons. The van der Waals surface area contributed by atoms with Gasteiger partial charge in [-0.05, 0) is 57.0 Å². The fraction of sp³-hybridized carbons (Fsp3) is 0.320. The Balaban J connectivity index is 0.00000544. The Morgan fingerprint density at radius 2 is 1.85 bits per heavy atom. The number of aryl methyl sites for hydroxylation is 1. The highest BCUT2D eigenvalue weighted by Crippen LogP contribution is 2.16. The number of nitrogens with two attached hydrogens (primary N) is 1. The van der Waals surface area contributed by atoms with Gasteiger partial charge in [-0.2, -0.15) is 5.26 Å². The van der Waals surface area contributed by atoms with Crippen LogP contribution in [0.2, 0.25) is 0 Å². The van der Waals surface area contributed by atoms with Crippen molar-refractivity contribution in [2.75, 3.05) is 6.61 Å². The molecule has 0 unspecified atom stereocenters. The second kappa shape index (κ2) is 12.6. The predicted molar refractivity (Wildman–Crippen MR) is 132 cm³/mol. The SMILES string of the molecule is Cc1ccc(CNC(=O)[C@@H](N)COc2cccc(C=C(C#N)C(=O)NC(C)(C)C)c2)cc1.Cl. The zero-order chi connectivity index (χ0) is 23.7. The van der Waals surface area contributed by atoms with Crippen LogP contribution in [0, 0.1) is 18.3 Å². The van der Waals surface area contributed by atoms with Crippen LogP contribution in [0.25, 0.3) is 6.08 Å². The molecule has 8 heteroatoms. The van der Waals surface area contributed by atoms with Crippen LogP contribution in [0.3, 0.4) is 0 Å². The quantitative estimate of drug-likeness (QED) is 0.404. The number of rotatable bonds is 8. The summed E-state index contributed by atoms with van der Waals surface area (Å²) in [6.45, 7) is 7.91. The Kier molecular flexibility index (Phi) is 10.6. The Morgan fingerprint density at radius 3 is 2.45 bits per heavy atom. The largest absolute Gasteiger partial charge is 0.491 e. The Hall–Kier alpha value is -3.34. The topological polar surface area (TPSA) is 117 Å². The molecular weight excluding hydrogens is 440 g/mol. The van der Waals surface area contributed by atoms with Gasteiger partial charge in [-0.1, -0.05) is 42.0 Å². The predicted octanol–water partition coefficient (Wildman–Crippen LogP) is 3.26. The summed E-state index contributed by atoms with van der Waals surface area (Å²) < 4.78 is 5.66. The summed E-state index contributed by atoms with van der Waals surface area (Å²) in [7, 11) is 0. The Bertz CT molecular complexity index is 1020. The number of nitriles is 1. The van der Waals surface area contributed by atoms with Gasteiger partial charge in [0, 0.05) is 12.1 Å². The van der Waals surface area contributed by atoms with E-state index < -0.39 is 17.5 Å². The highest BCUT2D eigenvalue weighted by atomic mass is 35.5. The van der Waals surface area contributed by atoms with E-state index in [-0.39, 0.29) is 30.5 Å². The van der Waals surface area contributed by atoms with E-state index in [1.165, 1.54) is 6.08 Å². The van der Waals surface area contributed by atoms with E-state index in [9.17, 15) is 14.9 Å². The molecule has 0 fully saturated rings. The fourth-order valence-electron chi connectivity index (χ4n) is 2.71. The average Bonchev–Trinajstić information content (AvgIpc) is 2.74. The summed E-state index contributed by atoms with van der Waals surface area (Å²) >= 11 is 0. The normalized spacial score (nSPS) is 12.1. The molecule has 0 saturated heterocycles. The van der Waals surface area contributed by atoms with Gasteiger partial charge in [0.1, 0.15) is 30.0 Å². The van der Waals surface area contributed by atoms with Crippen molar-refractivity contribution in [1.82, 2.24) is 10.6 Å². The van der Waals surface area contributed by atoms with E-state index in [1.807, 2.05) is 58.0 Å². The molecule has 0 saturated carbocycles. The van der Waals surface area contributed by atoms with Crippen LogP contribution in [0.4, 0.5) is 0 Å². The molecule has 0 heterocycles. The van der Waals surface area contributed by atoms with E-state index in [2.05, 4.69) is 10.6 Å². The molecule has 2 amide bonds. The molecule has 1 atom stereocenters. The van der Waals surface area contributed by atoms with E-state index in [4.69, 9.17) is 10.5 Å². The van der Waals surface area contributed by atoms with E-state index in [1.54, 1.807) is 24.3 Å². The molecule has 4 N–H and O–H groups in total. The first-order valence-corrected chi connectivity index (χ1v) is 10.3. The lowest BCUT2D eigenvalue weighted by molar-refractivity contribution is -0.123. The number of hydrogen-bond donors (Lipinski definition) is 3. The number of ether oxygens (including phenoxy) is 1. The molecular formula is C25H31ClN4O3. The van der Waals surface area contributed by atoms with Crippen LogP contribution in [-0.2, 0) is 16.1 Å². The van der Waals surface area contributed by atoms with Gasteiger partial charge in [-0.15, -0.1) is 12.4 Å².